The largest absolute Gasteiger partial charge is 0.507 e. The highest BCUT2D eigenvalue weighted by atomic mass is 16.5. The first kappa shape index (κ1) is 29.7. The molecule has 4 aliphatic rings. The van der Waals surface area contributed by atoms with Crippen LogP contribution in [0.2, 0.25) is 0 Å². The lowest BCUT2D eigenvalue weighted by molar-refractivity contribution is -0.180. The number of allylic oxidation sites excluding steroid dienone is 1. The molecule has 1 amide bonds. The molecule has 0 saturated heterocycles. The molecule has 5 rings (SSSR count). The summed E-state index contributed by atoms with van der Waals surface area (Å²) in [4.78, 5) is 43.7. The Kier molecular flexibility index (Phi) is 7.17. The van der Waals surface area contributed by atoms with Crippen LogP contribution in [0.3, 0.4) is 0 Å². The van der Waals surface area contributed by atoms with E-state index in [1.807, 2.05) is 0 Å². The van der Waals surface area contributed by atoms with Gasteiger partial charge in [-0.05, 0) is 91.1 Å². The Labute approximate surface area is 241 Å². The number of ether oxygens (including phenoxy) is 1. The maximum Gasteiger partial charge on any atom is 0.230 e. The minimum atomic E-state index is -2.03. The predicted octanol–water partition coefficient (Wildman–Crippen LogP) is 1.42. The number of nitrogens with two attached hydrogens (primary N) is 1. The molecule has 10 heteroatoms. The lowest BCUT2D eigenvalue weighted by Crippen LogP contribution is -2.71. The van der Waals surface area contributed by atoms with E-state index >= 15 is 0 Å². The monoisotopic (exact) mass is 569 g/mol. The summed E-state index contributed by atoms with van der Waals surface area (Å²) >= 11 is 0. The fraction of sp³-hybridized carbons (Fsp3) is 0.645. The third-order valence-electron chi connectivity index (χ3n) is 10.7. The number of benzene rings is 1. The first-order valence-electron chi connectivity index (χ1n) is 14.4. The molecule has 2 fully saturated rings. The van der Waals surface area contributed by atoms with Gasteiger partial charge in [-0.1, -0.05) is 0 Å². The number of amides is 1. The Morgan fingerprint density at radius 1 is 1.22 bits per heavy atom. The van der Waals surface area contributed by atoms with Crippen LogP contribution in [-0.2, 0) is 22.6 Å². The van der Waals surface area contributed by atoms with Crippen molar-refractivity contribution in [2.24, 2.45) is 29.4 Å². The van der Waals surface area contributed by atoms with Crippen molar-refractivity contribution in [2.45, 2.75) is 76.3 Å². The molecule has 1 aromatic carbocycles. The van der Waals surface area contributed by atoms with Gasteiger partial charge in [0.2, 0.25) is 5.91 Å². The molecule has 0 radical (unpaired) electrons. The van der Waals surface area contributed by atoms with Crippen LogP contribution in [0.25, 0.3) is 0 Å². The van der Waals surface area contributed by atoms with E-state index < -0.39 is 53.0 Å². The van der Waals surface area contributed by atoms with Crippen molar-refractivity contribution in [2.75, 3.05) is 28.3 Å². The number of hydrogen-bond acceptors (Lipinski definition) is 9. The zero-order valence-electron chi connectivity index (χ0n) is 25.0. The number of ketones is 2. The lowest BCUT2D eigenvalue weighted by Gasteiger charge is -2.55. The third kappa shape index (κ3) is 4.25. The van der Waals surface area contributed by atoms with E-state index in [0.29, 0.717) is 35.8 Å². The van der Waals surface area contributed by atoms with Crippen LogP contribution < -0.4 is 10.5 Å². The number of Topliss-reactive ketones (excluding diaryl/α,β-unsaturated/α-hetero) is 2. The normalized spacial score (nSPS) is 31.7. The Morgan fingerprint density at radius 2 is 1.85 bits per heavy atom. The highest BCUT2D eigenvalue weighted by molar-refractivity contribution is 6.14. The van der Waals surface area contributed by atoms with Crippen LogP contribution in [0.1, 0.15) is 61.5 Å². The molecule has 10 nitrogen and oxygen atoms in total. The molecule has 0 spiro atoms. The molecule has 0 aromatic heterocycles. The summed E-state index contributed by atoms with van der Waals surface area (Å²) in [7, 11) is 6.98. The van der Waals surface area contributed by atoms with E-state index in [0.717, 1.165) is 5.56 Å². The highest BCUT2D eigenvalue weighted by Crippen LogP contribution is 2.55. The Bertz CT molecular complexity index is 1350. The Balaban J connectivity index is 1.62. The number of carbonyl (C=O) groups is 3. The van der Waals surface area contributed by atoms with Gasteiger partial charge in [-0.2, -0.15) is 0 Å². The summed E-state index contributed by atoms with van der Waals surface area (Å²) in [6.45, 7) is 6.52. The quantitative estimate of drug-likeness (QED) is 0.357. The third-order valence-corrected chi connectivity index (χ3v) is 10.7. The highest BCUT2D eigenvalue weighted by Gasteiger charge is 2.64. The van der Waals surface area contributed by atoms with E-state index in [2.05, 4.69) is 25.8 Å². The van der Waals surface area contributed by atoms with Gasteiger partial charge in [0.25, 0.3) is 0 Å². The molecule has 2 saturated carbocycles. The van der Waals surface area contributed by atoms with Crippen molar-refractivity contribution >= 4 is 17.5 Å². The first-order valence-corrected chi connectivity index (χ1v) is 14.4. The predicted molar refractivity (Wildman–Crippen MR) is 151 cm³/mol. The molecule has 224 valence electrons. The standard InChI is InChI=1S/C31H43N3O7/c1-14-21-15(11-19-24(33(4)5)26(37)23(29(32)39)28(38)31(14,19)40)10-18-22(25(21)36)20(35)12-16(27(18)41-7)13-34(6)30(2,3)17-8-9-17/h12,15,17,19,23-24,28,35,38,40H,8-11,13H2,1-7H3,(H2,32,39). The number of likely N-dealkylation sites (N-methyl/N-ethyl adjacent to an activating group) is 1. The van der Waals surface area contributed by atoms with Crippen LogP contribution in [0.4, 0.5) is 0 Å². The first-order chi connectivity index (χ1) is 19.1. The van der Waals surface area contributed by atoms with E-state index in [1.165, 1.54) is 12.8 Å². The number of aliphatic hydroxyl groups is 2. The number of primary amides is 1. The number of carbonyl (C=O) groups excluding carboxylic acids is 3. The number of rotatable bonds is 7. The molecular weight excluding hydrogens is 526 g/mol. The van der Waals surface area contributed by atoms with Gasteiger partial charge in [-0.25, -0.2) is 0 Å². The summed E-state index contributed by atoms with van der Waals surface area (Å²) in [6.07, 6.45) is 1.14. The van der Waals surface area contributed by atoms with Crippen molar-refractivity contribution in [3.8, 4) is 11.5 Å². The Hall–Kier alpha value is -2.79. The SMILES string of the molecule is COc1c(CN(C)C(C)(C)C2CC2)cc(O)c2c1CC1CC3C(N(C)C)C(=O)C(C(N)=O)C(O)C3(O)C(C)=C1C2=O. The minimum absolute atomic E-state index is 0.0362. The molecule has 0 heterocycles. The van der Waals surface area contributed by atoms with E-state index in [1.54, 1.807) is 39.1 Å². The van der Waals surface area contributed by atoms with E-state index in [4.69, 9.17) is 10.5 Å². The number of aliphatic hydroxyl groups excluding tert-OH is 1. The zero-order valence-corrected chi connectivity index (χ0v) is 25.0. The fourth-order valence-electron chi connectivity index (χ4n) is 7.98. The van der Waals surface area contributed by atoms with Crippen molar-refractivity contribution in [1.82, 2.24) is 9.80 Å². The van der Waals surface area contributed by atoms with Gasteiger partial charge in [-0.15, -0.1) is 0 Å². The number of hydrogen-bond donors (Lipinski definition) is 4. The summed E-state index contributed by atoms with van der Waals surface area (Å²) in [5.74, 6) is -3.80. The summed E-state index contributed by atoms with van der Waals surface area (Å²) in [5, 5.41) is 34.6. The smallest absolute Gasteiger partial charge is 0.230 e. The summed E-state index contributed by atoms with van der Waals surface area (Å²) in [6, 6.07) is 0.694. The fourth-order valence-corrected chi connectivity index (χ4v) is 7.98. The van der Waals surface area contributed by atoms with Crippen molar-refractivity contribution in [1.29, 1.82) is 0 Å². The number of aromatic hydroxyl groups is 1. The molecule has 41 heavy (non-hydrogen) atoms. The van der Waals surface area contributed by atoms with Crippen LogP contribution in [0.15, 0.2) is 17.2 Å². The lowest BCUT2D eigenvalue weighted by atomic mass is 9.54. The maximum absolute atomic E-state index is 14.1. The number of methoxy groups -OCH3 is 1. The second-order valence-electron chi connectivity index (χ2n) is 13.3. The average Bonchev–Trinajstić information content (AvgIpc) is 3.72. The summed E-state index contributed by atoms with van der Waals surface area (Å²) in [5.41, 5.74) is 5.47. The molecule has 0 aliphatic heterocycles. The molecule has 4 aliphatic carbocycles. The molecular formula is C31H43N3O7. The number of phenols is 1. The van der Waals surface area contributed by atoms with Crippen LogP contribution >= 0.6 is 0 Å². The second kappa shape index (κ2) is 9.90. The van der Waals surface area contributed by atoms with Crippen molar-refractivity contribution in [3.05, 3.63) is 33.9 Å². The van der Waals surface area contributed by atoms with Gasteiger partial charge in [0.15, 0.2) is 11.6 Å². The average molecular weight is 570 g/mol. The van der Waals surface area contributed by atoms with Crippen molar-refractivity contribution < 1.29 is 34.4 Å². The van der Waals surface area contributed by atoms with Gasteiger partial charge < -0.3 is 25.8 Å². The van der Waals surface area contributed by atoms with E-state index in [9.17, 15) is 29.7 Å². The number of phenolic OH excluding ortho intramolecular Hbond substituents is 1. The van der Waals surface area contributed by atoms with Crippen LogP contribution in [0, 0.1) is 23.7 Å². The minimum Gasteiger partial charge on any atom is -0.507 e. The van der Waals surface area contributed by atoms with Gasteiger partial charge >= 0.3 is 0 Å². The van der Waals surface area contributed by atoms with Crippen molar-refractivity contribution in [3.63, 3.8) is 0 Å². The molecule has 1 aromatic rings. The van der Waals surface area contributed by atoms with Gasteiger partial charge in [0.05, 0.1) is 18.7 Å². The number of nitrogens with zero attached hydrogens (tertiary/aromatic N) is 2. The molecule has 0 bridgehead atoms. The maximum atomic E-state index is 14.1. The van der Waals surface area contributed by atoms with Gasteiger partial charge in [0.1, 0.15) is 29.1 Å². The van der Waals surface area contributed by atoms with Crippen LogP contribution in [-0.4, -0.2) is 94.1 Å². The summed E-state index contributed by atoms with van der Waals surface area (Å²) < 4.78 is 5.89. The van der Waals surface area contributed by atoms with E-state index in [-0.39, 0.29) is 28.8 Å². The molecule has 5 N–H and O–H groups in total. The van der Waals surface area contributed by atoms with Gasteiger partial charge in [0, 0.05) is 34.7 Å². The topological polar surface area (TPSA) is 154 Å². The number of fused-ring (bicyclic) bond motifs is 3. The zero-order chi connectivity index (χ0) is 30.3. The molecule has 6 atom stereocenters. The van der Waals surface area contributed by atoms with Gasteiger partial charge in [-0.3, -0.25) is 24.2 Å². The molecule has 6 unspecified atom stereocenters. The van der Waals surface area contributed by atoms with Crippen LogP contribution in [0.5, 0.6) is 11.5 Å². The Morgan fingerprint density at radius 3 is 2.39 bits per heavy atom. The second-order valence-corrected chi connectivity index (χ2v) is 13.3.